The normalized spacial score (nSPS) is 18.1. The van der Waals surface area contributed by atoms with Crippen LogP contribution in [0.15, 0.2) is 22.7 Å². The minimum absolute atomic E-state index is 0.100. The molecule has 0 bridgehead atoms. The van der Waals surface area contributed by atoms with E-state index in [0.29, 0.717) is 4.47 Å². The Morgan fingerprint density at radius 2 is 2.05 bits per heavy atom. The molecule has 0 heterocycles. The summed E-state index contributed by atoms with van der Waals surface area (Å²) in [5.74, 6) is 0.647. The van der Waals surface area contributed by atoms with Crippen molar-refractivity contribution in [2.45, 2.75) is 57.9 Å². The number of benzene rings is 1. The van der Waals surface area contributed by atoms with E-state index in [9.17, 15) is 4.39 Å². The van der Waals surface area contributed by atoms with Gasteiger partial charge >= 0.3 is 0 Å². The Bertz CT molecular complexity index is 415. The van der Waals surface area contributed by atoms with E-state index in [4.69, 9.17) is 0 Å². The van der Waals surface area contributed by atoms with E-state index in [1.54, 1.807) is 6.07 Å². The van der Waals surface area contributed by atoms with Gasteiger partial charge in [-0.3, -0.25) is 0 Å². The van der Waals surface area contributed by atoms with Crippen molar-refractivity contribution < 1.29 is 4.39 Å². The van der Waals surface area contributed by atoms with Crippen LogP contribution < -0.4 is 5.32 Å². The first-order chi connectivity index (χ1) is 9.72. The molecule has 1 atom stereocenters. The molecule has 1 saturated carbocycles. The lowest BCUT2D eigenvalue weighted by Gasteiger charge is -2.28. The minimum Gasteiger partial charge on any atom is -0.310 e. The van der Waals surface area contributed by atoms with Gasteiger partial charge in [-0.1, -0.05) is 51.2 Å². The van der Waals surface area contributed by atoms with Crippen LogP contribution in [0.5, 0.6) is 0 Å². The summed E-state index contributed by atoms with van der Waals surface area (Å²) in [6.07, 6.45) is 8.80. The molecule has 0 spiro atoms. The number of rotatable bonds is 6. The molecule has 2 rings (SSSR count). The van der Waals surface area contributed by atoms with Gasteiger partial charge in [-0.05, 0) is 47.3 Å². The van der Waals surface area contributed by atoms with Gasteiger partial charge in [-0.25, -0.2) is 4.39 Å². The average molecular weight is 342 g/mol. The summed E-state index contributed by atoms with van der Waals surface area (Å²) in [5.41, 5.74) is 0.818. The topological polar surface area (TPSA) is 12.0 Å². The molecule has 0 saturated heterocycles. The summed E-state index contributed by atoms with van der Waals surface area (Å²) >= 11 is 3.30. The van der Waals surface area contributed by atoms with Gasteiger partial charge in [0.15, 0.2) is 0 Å². The zero-order valence-electron chi connectivity index (χ0n) is 12.3. The Labute approximate surface area is 130 Å². The zero-order valence-corrected chi connectivity index (χ0v) is 13.9. The van der Waals surface area contributed by atoms with Crippen LogP contribution in [0.25, 0.3) is 0 Å². The van der Waals surface area contributed by atoms with Gasteiger partial charge in [0.1, 0.15) is 5.82 Å². The second-order valence-corrected chi connectivity index (χ2v) is 6.74. The van der Waals surface area contributed by atoms with Crippen molar-refractivity contribution in [2.24, 2.45) is 5.92 Å². The Hall–Kier alpha value is -0.410. The van der Waals surface area contributed by atoms with Crippen LogP contribution in [0.2, 0.25) is 0 Å². The number of hydrogen-bond donors (Lipinski definition) is 1. The van der Waals surface area contributed by atoms with Crippen molar-refractivity contribution in [3.05, 3.63) is 34.1 Å². The highest BCUT2D eigenvalue weighted by molar-refractivity contribution is 9.10. The van der Waals surface area contributed by atoms with E-state index in [2.05, 4.69) is 28.2 Å². The second-order valence-electron chi connectivity index (χ2n) is 5.89. The Morgan fingerprint density at radius 1 is 1.30 bits per heavy atom. The molecule has 1 nitrogen and oxygen atoms in total. The SMILES string of the molecule is CCCNC(CC1CCCCC1)c1cccc(Br)c1F. The van der Waals surface area contributed by atoms with Crippen LogP contribution in [0.1, 0.15) is 63.5 Å². The van der Waals surface area contributed by atoms with Crippen LogP contribution in [0, 0.1) is 11.7 Å². The number of hydrogen-bond acceptors (Lipinski definition) is 1. The van der Waals surface area contributed by atoms with E-state index in [-0.39, 0.29) is 11.9 Å². The van der Waals surface area contributed by atoms with Crippen molar-refractivity contribution in [1.82, 2.24) is 5.32 Å². The number of halogens is 2. The van der Waals surface area contributed by atoms with E-state index in [0.717, 1.165) is 30.9 Å². The zero-order chi connectivity index (χ0) is 14.4. The molecular weight excluding hydrogens is 317 g/mol. The maximum atomic E-state index is 14.3. The molecule has 20 heavy (non-hydrogen) atoms. The molecule has 112 valence electrons. The molecule has 1 N–H and O–H groups in total. The molecule has 0 amide bonds. The summed E-state index contributed by atoms with van der Waals surface area (Å²) in [7, 11) is 0. The van der Waals surface area contributed by atoms with Crippen molar-refractivity contribution in [3.63, 3.8) is 0 Å². The van der Waals surface area contributed by atoms with E-state index >= 15 is 0 Å². The molecule has 1 aliphatic carbocycles. The molecule has 1 unspecified atom stereocenters. The van der Waals surface area contributed by atoms with Crippen LogP contribution in [-0.4, -0.2) is 6.54 Å². The first-order valence-electron chi connectivity index (χ1n) is 7.89. The fourth-order valence-electron chi connectivity index (χ4n) is 3.18. The van der Waals surface area contributed by atoms with E-state index in [1.807, 2.05) is 12.1 Å². The Kier molecular flexibility index (Phi) is 6.50. The van der Waals surface area contributed by atoms with Crippen LogP contribution >= 0.6 is 15.9 Å². The lowest BCUT2D eigenvalue weighted by atomic mass is 9.83. The van der Waals surface area contributed by atoms with Crippen molar-refractivity contribution >= 4 is 15.9 Å². The third-order valence-electron chi connectivity index (χ3n) is 4.29. The summed E-state index contributed by atoms with van der Waals surface area (Å²) in [6, 6.07) is 5.78. The van der Waals surface area contributed by atoms with Gasteiger partial charge in [0, 0.05) is 11.6 Å². The van der Waals surface area contributed by atoms with Crippen molar-refractivity contribution in [1.29, 1.82) is 0 Å². The quantitative estimate of drug-likeness (QED) is 0.710. The molecule has 1 aromatic rings. The highest BCUT2D eigenvalue weighted by Gasteiger charge is 2.22. The predicted molar refractivity (Wildman–Crippen MR) is 86.3 cm³/mol. The second kappa shape index (κ2) is 8.14. The first kappa shape index (κ1) is 16.0. The highest BCUT2D eigenvalue weighted by atomic mass is 79.9. The molecular formula is C17H25BrFN. The maximum absolute atomic E-state index is 14.3. The third-order valence-corrected chi connectivity index (χ3v) is 4.90. The lowest BCUT2D eigenvalue weighted by Crippen LogP contribution is -2.26. The minimum atomic E-state index is -0.100. The molecule has 1 fully saturated rings. The monoisotopic (exact) mass is 341 g/mol. The maximum Gasteiger partial charge on any atom is 0.142 e. The fourth-order valence-corrected chi connectivity index (χ4v) is 3.57. The molecule has 1 aliphatic rings. The largest absolute Gasteiger partial charge is 0.310 e. The summed E-state index contributed by atoms with van der Waals surface area (Å²) < 4.78 is 14.9. The van der Waals surface area contributed by atoms with Gasteiger partial charge in [0.25, 0.3) is 0 Å². The molecule has 3 heteroatoms. The van der Waals surface area contributed by atoms with Crippen molar-refractivity contribution in [3.8, 4) is 0 Å². The molecule has 0 aromatic heterocycles. The van der Waals surface area contributed by atoms with E-state index in [1.165, 1.54) is 32.1 Å². The predicted octanol–water partition coefficient (Wildman–Crippen LogP) is 5.60. The Balaban J connectivity index is 2.11. The lowest BCUT2D eigenvalue weighted by molar-refractivity contribution is 0.297. The van der Waals surface area contributed by atoms with Gasteiger partial charge in [0.05, 0.1) is 4.47 Å². The van der Waals surface area contributed by atoms with Gasteiger partial charge in [-0.15, -0.1) is 0 Å². The average Bonchev–Trinajstić information content (AvgIpc) is 2.48. The Morgan fingerprint density at radius 3 is 2.75 bits per heavy atom. The van der Waals surface area contributed by atoms with Crippen LogP contribution in [0.3, 0.4) is 0 Å². The summed E-state index contributed by atoms with van der Waals surface area (Å²) in [5, 5.41) is 3.54. The van der Waals surface area contributed by atoms with Crippen molar-refractivity contribution in [2.75, 3.05) is 6.54 Å². The van der Waals surface area contributed by atoms with E-state index < -0.39 is 0 Å². The standard InChI is InChI=1S/C17H25BrFN/c1-2-11-20-16(12-13-7-4-3-5-8-13)14-9-6-10-15(18)17(14)19/h6,9-10,13,16,20H,2-5,7-8,11-12H2,1H3. The smallest absolute Gasteiger partial charge is 0.142 e. The molecule has 0 aliphatic heterocycles. The first-order valence-corrected chi connectivity index (χ1v) is 8.69. The third kappa shape index (κ3) is 4.29. The molecule has 1 aromatic carbocycles. The summed E-state index contributed by atoms with van der Waals surface area (Å²) in [6.45, 7) is 3.10. The summed E-state index contributed by atoms with van der Waals surface area (Å²) in [4.78, 5) is 0. The fraction of sp³-hybridized carbons (Fsp3) is 0.647. The van der Waals surface area contributed by atoms with Crippen LogP contribution in [0.4, 0.5) is 4.39 Å². The number of nitrogens with one attached hydrogen (secondary N) is 1. The van der Waals surface area contributed by atoms with Gasteiger partial charge < -0.3 is 5.32 Å². The van der Waals surface area contributed by atoms with Crippen LogP contribution in [-0.2, 0) is 0 Å². The van der Waals surface area contributed by atoms with Gasteiger partial charge in [0.2, 0.25) is 0 Å². The molecule has 0 radical (unpaired) electrons. The highest BCUT2D eigenvalue weighted by Crippen LogP contribution is 2.34. The van der Waals surface area contributed by atoms with Gasteiger partial charge in [-0.2, -0.15) is 0 Å².